The molecule has 0 aromatic heterocycles. The Balaban J connectivity index is 1.82. The first-order valence-corrected chi connectivity index (χ1v) is 6.38. The maximum atomic E-state index is 5.29. The Labute approximate surface area is 97.6 Å². The summed E-state index contributed by atoms with van der Waals surface area (Å²) in [4.78, 5) is 2.59. The van der Waals surface area contributed by atoms with Crippen molar-refractivity contribution in [3.05, 3.63) is 0 Å². The van der Waals surface area contributed by atoms with Gasteiger partial charge in [0, 0.05) is 24.7 Å². The maximum Gasteiger partial charge on any atom is 0.166 e. The molecule has 2 heterocycles. The standard InChI is InChI=1S/C11H21N3S/c1-8(2)12-11(15)13-9-5-7-14-6-3-4-10(9)14/h8-10H,3-7H2,1-2H3,(H2,12,13,15). The Morgan fingerprint density at radius 1 is 1.33 bits per heavy atom. The second-order valence-electron chi connectivity index (χ2n) is 4.91. The molecule has 0 saturated carbocycles. The van der Waals surface area contributed by atoms with Gasteiger partial charge in [-0.1, -0.05) is 0 Å². The Hall–Kier alpha value is -0.350. The minimum atomic E-state index is 0.422. The number of thiocarbonyl (C=S) groups is 1. The zero-order valence-electron chi connectivity index (χ0n) is 9.62. The van der Waals surface area contributed by atoms with Gasteiger partial charge in [0.25, 0.3) is 0 Å². The topological polar surface area (TPSA) is 27.3 Å². The van der Waals surface area contributed by atoms with Gasteiger partial charge in [-0.25, -0.2) is 0 Å². The summed E-state index contributed by atoms with van der Waals surface area (Å²) in [5.41, 5.74) is 0. The summed E-state index contributed by atoms with van der Waals surface area (Å²) in [5.74, 6) is 0. The summed E-state index contributed by atoms with van der Waals surface area (Å²) in [6, 6.07) is 1.73. The van der Waals surface area contributed by atoms with Gasteiger partial charge in [0.15, 0.2) is 5.11 Å². The summed E-state index contributed by atoms with van der Waals surface area (Å²) in [6.07, 6.45) is 3.93. The minimum absolute atomic E-state index is 0.422. The van der Waals surface area contributed by atoms with Crippen LogP contribution < -0.4 is 10.6 Å². The van der Waals surface area contributed by atoms with Crippen molar-refractivity contribution in [3.63, 3.8) is 0 Å². The van der Waals surface area contributed by atoms with E-state index in [4.69, 9.17) is 12.2 Å². The van der Waals surface area contributed by atoms with Crippen molar-refractivity contribution < 1.29 is 0 Å². The lowest BCUT2D eigenvalue weighted by atomic mass is 10.1. The average Bonchev–Trinajstić information content (AvgIpc) is 2.68. The van der Waals surface area contributed by atoms with E-state index < -0.39 is 0 Å². The van der Waals surface area contributed by atoms with Gasteiger partial charge >= 0.3 is 0 Å². The molecule has 0 amide bonds. The van der Waals surface area contributed by atoms with E-state index in [1.165, 1.54) is 32.4 Å². The molecule has 2 N–H and O–H groups in total. The molecule has 3 nitrogen and oxygen atoms in total. The van der Waals surface area contributed by atoms with Crippen LogP contribution in [0.5, 0.6) is 0 Å². The summed E-state index contributed by atoms with van der Waals surface area (Å²) in [6.45, 7) is 6.76. The number of rotatable bonds is 2. The van der Waals surface area contributed by atoms with Crippen LogP contribution in [0.2, 0.25) is 0 Å². The largest absolute Gasteiger partial charge is 0.361 e. The molecule has 0 aromatic carbocycles. The fourth-order valence-corrected chi connectivity index (χ4v) is 3.11. The average molecular weight is 227 g/mol. The number of fused-ring (bicyclic) bond motifs is 1. The van der Waals surface area contributed by atoms with Gasteiger partial charge < -0.3 is 10.6 Å². The third kappa shape index (κ3) is 2.61. The Kier molecular flexibility index (Phi) is 3.46. The van der Waals surface area contributed by atoms with Crippen LogP contribution in [0, 0.1) is 0 Å². The van der Waals surface area contributed by atoms with E-state index in [0.717, 1.165) is 11.2 Å². The monoisotopic (exact) mass is 227 g/mol. The van der Waals surface area contributed by atoms with Gasteiger partial charge in [0.05, 0.1) is 0 Å². The van der Waals surface area contributed by atoms with E-state index in [9.17, 15) is 0 Å². The maximum absolute atomic E-state index is 5.29. The van der Waals surface area contributed by atoms with E-state index in [0.29, 0.717) is 12.1 Å². The van der Waals surface area contributed by atoms with Crippen LogP contribution in [0.3, 0.4) is 0 Å². The van der Waals surface area contributed by atoms with E-state index in [2.05, 4.69) is 29.4 Å². The van der Waals surface area contributed by atoms with E-state index in [1.54, 1.807) is 0 Å². The summed E-state index contributed by atoms with van der Waals surface area (Å²) in [7, 11) is 0. The quantitative estimate of drug-likeness (QED) is 0.691. The molecule has 2 unspecified atom stereocenters. The van der Waals surface area contributed by atoms with Crippen molar-refractivity contribution in [1.82, 2.24) is 15.5 Å². The molecular weight excluding hydrogens is 206 g/mol. The molecule has 2 rings (SSSR count). The fourth-order valence-electron chi connectivity index (χ4n) is 2.72. The predicted octanol–water partition coefficient (Wildman–Crippen LogP) is 1.10. The van der Waals surface area contributed by atoms with E-state index >= 15 is 0 Å². The van der Waals surface area contributed by atoms with Crippen LogP contribution in [0.1, 0.15) is 33.1 Å². The van der Waals surface area contributed by atoms with Crippen molar-refractivity contribution >= 4 is 17.3 Å². The molecule has 2 fully saturated rings. The molecular formula is C11H21N3S. The van der Waals surface area contributed by atoms with Gasteiger partial charge in [-0.3, -0.25) is 4.90 Å². The number of hydrogen-bond acceptors (Lipinski definition) is 2. The first-order valence-electron chi connectivity index (χ1n) is 5.98. The smallest absolute Gasteiger partial charge is 0.166 e. The summed E-state index contributed by atoms with van der Waals surface area (Å²) < 4.78 is 0. The molecule has 2 aliphatic heterocycles. The minimum Gasteiger partial charge on any atom is -0.361 e. The molecule has 0 aromatic rings. The van der Waals surface area contributed by atoms with E-state index in [-0.39, 0.29) is 0 Å². The van der Waals surface area contributed by atoms with Crippen LogP contribution in [0.4, 0.5) is 0 Å². The molecule has 0 spiro atoms. The lowest BCUT2D eigenvalue weighted by Crippen LogP contribution is -2.48. The van der Waals surface area contributed by atoms with Crippen LogP contribution in [0.25, 0.3) is 0 Å². The normalized spacial score (nSPS) is 30.6. The van der Waals surface area contributed by atoms with Gasteiger partial charge in [-0.15, -0.1) is 0 Å². The van der Waals surface area contributed by atoms with Crippen molar-refractivity contribution in [2.24, 2.45) is 0 Å². The Morgan fingerprint density at radius 3 is 2.87 bits per heavy atom. The zero-order valence-corrected chi connectivity index (χ0v) is 10.4. The third-order valence-electron chi connectivity index (χ3n) is 3.34. The highest BCUT2D eigenvalue weighted by Gasteiger charge is 2.37. The molecule has 0 radical (unpaired) electrons. The first-order chi connectivity index (χ1) is 7.16. The lowest BCUT2D eigenvalue weighted by molar-refractivity contribution is 0.308. The van der Waals surface area contributed by atoms with Crippen LogP contribution in [-0.2, 0) is 0 Å². The highest BCUT2D eigenvalue weighted by molar-refractivity contribution is 7.80. The first kappa shape index (κ1) is 11.1. The van der Waals surface area contributed by atoms with Gasteiger partial charge in [0.2, 0.25) is 0 Å². The van der Waals surface area contributed by atoms with Crippen LogP contribution >= 0.6 is 12.2 Å². The summed E-state index contributed by atoms with van der Waals surface area (Å²) >= 11 is 5.29. The fraction of sp³-hybridized carbons (Fsp3) is 0.909. The van der Waals surface area contributed by atoms with Crippen molar-refractivity contribution in [3.8, 4) is 0 Å². The van der Waals surface area contributed by atoms with Crippen LogP contribution in [0.15, 0.2) is 0 Å². The Bertz CT molecular complexity index is 242. The van der Waals surface area contributed by atoms with Gasteiger partial charge in [0.1, 0.15) is 0 Å². The van der Waals surface area contributed by atoms with Gasteiger partial charge in [-0.2, -0.15) is 0 Å². The third-order valence-corrected chi connectivity index (χ3v) is 3.58. The molecule has 2 aliphatic rings. The predicted molar refractivity (Wildman–Crippen MR) is 67.0 cm³/mol. The number of hydrogen-bond donors (Lipinski definition) is 2. The number of nitrogens with one attached hydrogen (secondary N) is 2. The molecule has 0 aliphatic carbocycles. The van der Waals surface area contributed by atoms with Crippen molar-refractivity contribution in [2.45, 2.75) is 51.2 Å². The molecule has 4 heteroatoms. The highest BCUT2D eigenvalue weighted by Crippen LogP contribution is 2.27. The second kappa shape index (κ2) is 4.66. The molecule has 15 heavy (non-hydrogen) atoms. The number of nitrogens with zero attached hydrogens (tertiary/aromatic N) is 1. The lowest BCUT2D eigenvalue weighted by Gasteiger charge is -2.23. The van der Waals surface area contributed by atoms with E-state index in [1.807, 2.05) is 0 Å². The molecule has 2 saturated heterocycles. The molecule has 2 atom stereocenters. The van der Waals surface area contributed by atoms with Crippen molar-refractivity contribution in [2.75, 3.05) is 13.1 Å². The SMILES string of the molecule is CC(C)NC(=S)NC1CCN2CCCC12. The van der Waals surface area contributed by atoms with Gasteiger partial charge in [-0.05, 0) is 51.9 Å². The molecule has 0 bridgehead atoms. The summed E-state index contributed by atoms with van der Waals surface area (Å²) in [5, 5.41) is 7.53. The molecule has 86 valence electrons. The van der Waals surface area contributed by atoms with Crippen LogP contribution in [-0.4, -0.2) is 41.2 Å². The Morgan fingerprint density at radius 2 is 2.13 bits per heavy atom. The zero-order chi connectivity index (χ0) is 10.8. The highest BCUT2D eigenvalue weighted by atomic mass is 32.1. The van der Waals surface area contributed by atoms with Crippen molar-refractivity contribution in [1.29, 1.82) is 0 Å². The second-order valence-corrected chi connectivity index (χ2v) is 5.32.